The molecule has 5 nitrogen and oxygen atoms in total. The van der Waals surface area contributed by atoms with Crippen molar-refractivity contribution in [3.63, 3.8) is 0 Å². The summed E-state index contributed by atoms with van der Waals surface area (Å²) >= 11 is 0. The topological polar surface area (TPSA) is 75.6 Å². The number of carboxylic acids is 1. The number of aliphatic carboxylic acids is 1. The molecule has 0 aliphatic heterocycles. The van der Waals surface area contributed by atoms with Crippen LogP contribution in [0.3, 0.4) is 0 Å². The fourth-order valence-corrected chi connectivity index (χ4v) is 3.00. The second-order valence-electron chi connectivity index (χ2n) is 6.55. The van der Waals surface area contributed by atoms with Crippen LogP contribution in [0.15, 0.2) is 24.3 Å². The molecule has 0 heterocycles. The molecule has 5 heteroatoms. The molecular formula is C18H23NO4. The van der Waals surface area contributed by atoms with Gasteiger partial charge < -0.3 is 15.2 Å². The van der Waals surface area contributed by atoms with Crippen LogP contribution in [0.1, 0.15) is 37.7 Å². The summed E-state index contributed by atoms with van der Waals surface area (Å²) in [6.45, 7) is 0.943. The van der Waals surface area contributed by atoms with E-state index in [0.29, 0.717) is 25.5 Å². The van der Waals surface area contributed by atoms with E-state index in [1.54, 1.807) is 0 Å². The minimum Gasteiger partial charge on any atom is -0.494 e. The SMILES string of the molecule is O=C(O)CCCOc1ccc(CNC(=O)[C@@H]2C[C@H]2C2CC2)cc1. The Hall–Kier alpha value is -2.04. The van der Waals surface area contributed by atoms with Crippen molar-refractivity contribution in [3.05, 3.63) is 29.8 Å². The Morgan fingerprint density at radius 2 is 1.96 bits per heavy atom. The Bertz CT molecular complexity index is 565. The lowest BCUT2D eigenvalue weighted by Crippen LogP contribution is -2.25. The summed E-state index contributed by atoms with van der Waals surface area (Å²) in [6, 6.07) is 7.56. The largest absolute Gasteiger partial charge is 0.494 e. The van der Waals surface area contributed by atoms with Crippen LogP contribution in [0.2, 0.25) is 0 Å². The highest BCUT2D eigenvalue weighted by atomic mass is 16.5. The zero-order valence-corrected chi connectivity index (χ0v) is 13.2. The first-order valence-corrected chi connectivity index (χ1v) is 8.35. The fraction of sp³-hybridized carbons (Fsp3) is 0.556. The predicted octanol–water partition coefficient (Wildman–Crippen LogP) is 2.59. The van der Waals surface area contributed by atoms with E-state index < -0.39 is 5.97 Å². The van der Waals surface area contributed by atoms with Crippen molar-refractivity contribution in [1.29, 1.82) is 0 Å². The molecule has 2 N–H and O–H groups in total. The number of amides is 1. The summed E-state index contributed by atoms with van der Waals surface area (Å²) in [5.74, 6) is 1.83. The van der Waals surface area contributed by atoms with Gasteiger partial charge in [0.25, 0.3) is 0 Å². The third-order valence-electron chi connectivity index (χ3n) is 4.60. The molecule has 2 saturated carbocycles. The molecule has 0 unspecified atom stereocenters. The quantitative estimate of drug-likeness (QED) is 0.686. The molecule has 3 rings (SSSR count). The fourth-order valence-electron chi connectivity index (χ4n) is 3.00. The van der Waals surface area contributed by atoms with Crippen molar-refractivity contribution in [2.75, 3.05) is 6.61 Å². The maximum Gasteiger partial charge on any atom is 0.303 e. The van der Waals surface area contributed by atoms with Crippen molar-refractivity contribution in [2.24, 2.45) is 17.8 Å². The molecule has 2 aliphatic carbocycles. The van der Waals surface area contributed by atoms with Gasteiger partial charge in [0.2, 0.25) is 5.91 Å². The standard InChI is InChI=1S/C18H23NO4/c20-17(21)2-1-9-23-14-7-3-12(4-8-14)11-19-18(22)16-10-15(16)13-5-6-13/h3-4,7-8,13,15-16H,1-2,5-6,9-11H2,(H,19,22)(H,20,21)/t15-,16+/m0/s1. The van der Waals surface area contributed by atoms with Crippen molar-refractivity contribution in [1.82, 2.24) is 5.32 Å². The lowest BCUT2D eigenvalue weighted by molar-refractivity contribution is -0.137. The van der Waals surface area contributed by atoms with E-state index in [-0.39, 0.29) is 18.2 Å². The maximum atomic E-state index is 12.0. The number of nitrogens with one attached hydrogen (secondary N) is 1. The number of carbonyl (C=O) groups excluding carboxylic acids is 1. The summed E-state index contributed by atoms with van der Waals surface area (Å²) in [4.78, 5) is 22.4. The van der Waals surface area contributed by atoms with Crippen molar-refractivity contribution < 1.29 is 19.4 Å². The number of benzene rings is 1. The second-order valence-corrected chi connectivity index (χ2v) is 6.55. The van der Waals surface area contributed by atoms with Crippen LogP contribution in [-0.4, -0.2) is 23.6 Å². The number of carbonyl (C=O) groups is 2. The monoisotopic (exact) mass is 317 g/mol. The molecule has 124 valence electrons. The van der Waals surface area contributed by atoms with E-state index in [1.165, 1.54) is 12.8 Å². The van der Waals surface area contributed by atoms with E-state index >= 15 is 0 Å². The molecule has 0 spiro atoms. The Labute approximate surface area is 136 Å². The van der Waals surface area contributed by atoms with Crippen LogP contribution in [0.25, 0.3) is 0 Å². The third kappa shape index (κ3) is 4.71. The molecular weight excluding hydrogens is 294 g/mol. The van der Waals surface area contributed by atoms with Crippen molar-refractivity contribution >= 4 is 11.9 Å². The third-order valence-corrected chi connectivity index (χ3v) is 4.60. The van der Waals surface area contributed by atoms with Crippen LogP contribution < -0.4 is 10.1 Å². The van der Waals surface area contributed by atoms with Crippen LogP contribution >= 0.6 is 0 Å². The lowest BCUT2D eigenvalue weighted by Gasteiger charge is -2.08. The Balaban J connectivity index is 1.35. The molecule has 2 aliphatic rings. The molecule has 1 aromatic carbocycles. The van der Waals surface area contributed by atoms with E-state index in [9.17, 15) is 9.59 Å². The predicted molar refractivity (Wildman–Crippen MR) is 85.0 cm³/mol. The first-order chi connectivity index (χ1) is 11.1. The normalized spacial score (nSPS) is 22.4. The second kappa shape index (κ2) is 7.02. The summed E-state index contributed by atoms with van der Waals surface area (Å²) < 4.78 is 5.48. The van der Waals surface area contributed by atoms with E-state index in [1.807, 2.05) is 24.3 Å². The summed E-state index contributed by atoms with van der Waals surface area (Å²) in [6.07, 6.45) is 4.30. The molecule has 23 heavy (non-hydrogen) atoms. The summed E-state index contributed by atoms with van der Waals surface area (Å²) in [5.41, 5.74) is 1.04. The molecule has 0 saturated heterocycles. The molecule has 0 bridgehead atoms. The van der Waals surface area contributed by atoms with Gasteiger partial charge in [-0.2, -0.15) is 0 Å². The first kappa shape index (κ1) is 15.8. The summed E-state index contributed by atoms with van der Waals surface area (Å²) in [5, 5.41) is 11.6. The minimum atomic E-state index is -0.806. The van der Waals surface area contributed by atoms with Crippen LogP contribution in [0.5, 0.6) is 5.75 Å². The Morgan fingerprint density at radius 1 is 1.22 bits per heavy atom. The van der Waals surface area contributed by atoms with Gasteiger partial charge in [0.05, 0.1) is 6.61 Å². The Morgan fingerprint density at radius 3 is 2.61 bits per heavy atom. The number of rotatable bonds is 9. The Kier molecular flexibility index (Phi) is 4.84. The zero-order valence-electron chi connectivity index (χ0n) is 13.2. The van der Waals surface area contributed by atoms with E-state index in [2.05, 4.69) is 5.32 Å². The van der Waals surface area contributed by atoms with E-state index in [0.717, 1.165) is 23.7 Å². The van der Waals surface area contributed by atoms with Crippen LogP contribution in [0.4, 0.5) is 0 Å². The molecule has 2 atom stereocenters. The van der Waals surface area contributed by atoms with Crippen molar-refractivity contribution in [3.8, 4) is 5.75 Å². The highest BCUT2D eigenvalue weighted by molar-refractivity contribution is 5.81. The molecule has 2 fully saturated rings. The maximum absolute atomic E-state index is 12.0. The first-order valence-electron chi connectivity index (χ1n) is 8.35. The number of hydrogen-bond donors (Lipinski definition) is 2. The van der Waals surface area contributed by atoms with Crippen molar-refractivity contribution in [2.45, 2.75) is 38.6 Å². The van der Waals surface area contributed by atoms with Gasteiger partial charge >= 0.3 is 5.97 Å². The van der Waals surface area contributed by atoms with E-state index in [4.69, 9.17) is 9.84 Å². The number of hydrogen-bond acceptors (Lipinski definition) is 3. The van der Waals surface area contributed by atoms with Crippen LogP contribution in [0, 0.1) is 17.8 Å². The van der Waals surface area contributed by atoms with Gasteiger partial charge in [0, 0.05) is 18.9 Å². The molecule has 1 amide bonds. The molecule has 1 aromatic rings. The van der Waals surface area contributed by atoms with Gasteiger partial charge in [-0.25, -0.2) is 0 Å². The van der Waals surface area contributed by atoms with Gasteiger partial charge in [-0.3, -0.25) is 9.59 Å². The zero-order chi connectivity index (χ0) is 16.2. The number of ether oxygens (including phenoxy) is 1. The van der Waals surface area contributed by atoms with Crippen LogP contribution in [-0.2, 0) is 16.1 Å². The smallest absolute Gasteiger partial charge is 0.303 e. The number of carboxylic acid groups (broad SMARTS) is 1. The average molecular weight is 317 g/mol. The van der Waals surface area contributed by atoms with Gasteiger partial charge in [-0.1, -0.05) is 12.1 Å². The van der Waals surface area contributed by atoms with Gasteiger partial charge in [-0.05, 0) is 55.2 Å². The minimum absolute atomic E-state index is 0.118. The summed E-state index contributed by atoms with van der Waals surface area (Å²) in [7, 11) is 0. The van der Waals surface area contributed by atoms with Gasteiger partial charge in [0.1, 0.15) is 5.75 Å². The molecule has 0 aromatic heterocycles. The highest BCUT2D eigenvalue weighted by Gasteiger charge is 2.50. The molecule has 0 radical (unpaired) electrons. The lowest BCUT2D eigenvalue weighted by atomic mass is 10.2. The van der Waals surface area contributed by atoms with Gasteiger partial charge in [0.15, 0.2) is 0 Å². The average Bonchev–Trinajstić information content (AvgIpc) is 3.41. The van der Waals surface area contributed by atoms with Gasteiger partial charge in [-0.15, -0.1) is 0 Å². The highest BCUT2D eigenvalue weighted by Crippen LogP contribution is 2.54.